The first-order valence-corrected chi connectivity index (χ1v) is 5.37. The summed E-state index contributed by atoms with van der Waals surface area (Å²) in [5, 5.41) is 3.97. The van der Waals surface area contributed by atoms with Crippen molar-refractivity contribution in [3.8, 4) is 0 Å². The Hall–Kier alpha value is -0.810. The fourth-order valence-electron chi connectivity index (χ4n) is 1.27. The van der Waals surface area contributed by atoms with E-state index in [9.17, 15) is 9.59 Å². The first-order valence-electron chi connectivity index (χ1n) is 4.94. The predicted octanol–water partition coefficient (Wildman–Crippen LogP) is 0.618. The molecule has 0 aromatic rings. The summed E-state index contributed by atoms with van der Waals surface area (Å²) in [6.45, 7) is 2.67. The summed E-state index contributed by atoms with van der Waals surface area (Å²) in [6, 6.07) is -0.525. The smallest absolute Gasteiger partial charge is 0.321 e. The number of carbonyl (C=O) groups excluding carboxylic acids is 2. The standard InChI is InChI=1S/C9H15ClN2O3/c1-6(10)8(13)12-9(14)11-5-7-3-2-4-15-7/h6-7H,2-5H2,1H3,(H2,11,12,13,14). The van der Waals surface area contributed by atoms with Gasteiger partial charge in [-0.1, -0.05) is 0 Å². The quantitative estimate of drug-likeness (QED) is 0.704. The molecule has 1 aliphatic rings. The van der Waals surface area contributed by atoms with Crippen LogP contribution in [0.3, 0.4) is 0 Å². The van der Waals surface area contributed by atoms with E-state index in [4.69, 9.17) is 16.3 Å². The average molecular weight is 235 g/mol. The third-order valence-electron chi connectivity index (χ3n) is 2.11. The van der Waals surface area contributed by atoms with E-state index in [0.29, 0.717) is 6.54 Å². The predicted molar refractivity (Wildman–Crippen MR) is 55.8 cm³/mol. The van der Waals surface area contributed by atoms with Gasteiger partial charge in [-0.25, -0.2) is 4.79 Å². The number of hydrogen-bond donors (Lipinski definition) is 2. The Bertz CT molecular complexity index is 240. The summed E-state index contributed by atoms with van der Waals surface area (Å²) in [5.74, 6) is -0.499. The van der Waals surface area contributed by atoms with Gasteiger partial charge in [0.25, 0.3) is 0 Å². The van der Waals surface area contributed by atoms with Crippen molar-refractivity contribution < 1.29 is 14.3 Å². The molecule has 0 aromatic heterocycles. The van der Waals surface area contributed by atoms with Gasteiger partial charge in [-0.15, -0.1) is 11.6 Å². The molecule has 0 radical (unpaired) electrons. The second-order valence-corrected chi connectivity index (χ2v) is 4.10. The molecule has 0 saturated carbocycles. The third-order valence-corrected chi connectivity index (χ3v) is 2.31. The number of nitrogens with one attached hydrogen (secondary N) is 2. The summed E-state index contributed by atoms with van der Waals surface area (Å²) in [6.07, 6.45) is 2.03. The van der Waals surface area contributed by atoms with Gasteiger partial charge in [-0.05, 0) is 19.8 Å². The molecule has 5 nitrogen and oxygen atoms in total. The molecule has 0 aromatic carbocycles. The number of imide groups is 1. The van der Waals surface area contributed by atoms with E-state index in [-0.39, 0.29) is 6.10 Å². The molecule has 1 heterocycles. The molecule has 0 bridgehead atoms. The number of halogens is 1. The second-order valence-electron chi connectivity index (χ2n) is 3.45. The number of amides is 3. The van der Waals surface area contributed by atoms with E-state index in [0.717, 1.165) is 19.4 Å². The van der Waals surface area contributed by atoms with Crippen LogP contribution in [-0.2, 0) is 9.53 Å². The molecule has 1 aliphatic heterocycles. The fourth-order valence-corrected chi connectivity index (χ4v) is 1.32. The highest BCUT2D eigenvalue weighted by molar-refractivity contribution is 6.31. The number of rotatable bonds is 3. The summed E-state index contributed by atoms with van der Waals surface area (Å²) < 4.78 is 5.30. The summed E-state index contributed by atoms with van der Waals surface area (Å²) >= 11 is 5.48. The molecule has 2 N–H and O–H groups in total. The van der Waals surface area contributed by atoms with Crippen LogP contribution in [0.5, 0.6) is 0 Å². The molecule has 3 amide bonds. The van der Waals surface area contributed by atoms with Crippen LogP contribution in [0.2, 0.25) is 0 Å². The molecule has 1 rings (SSSR count). The topological polar surface area (TPSA) is 67.4 Å². The van der Waals surface area contributed by atoms with Gasteiger partial charge in [0.05, 0.1) is 6.10 Å². The molecular formula is C9H15ClN2O3. The Morgan fingerprint density at radius 1 is 1.60 bits per heavy atom. The minimum atomic E-state index is -0.710. The lowest BCUT2D eigenvalue weighted by Crippen LogP contribution is -2.44. The molecule has 86 valence electrons. The lowest BCUT2D eigenvalue weighted by molar-refractivity contribution is -0.119. The SMILES string of the molecule is CC(Cl)C(=O)NC(=O)NCC1CCCO1. The van der Waals surface area contributed by atoms with E-state index in [2.05, 4.69) is 10.6 Å². The minimum Gasteiger partial charge on any atom is -0.376 e. The van der Waals surface area contributed by atoms with Gasteiger partial charge < -0.3 is 10.1 Å². The van der Waals surface area contributed by atoms with Crippen LogP contribution < -0.4 is 10.6 Å². The number of alkyl halides is 1. The first-order chi connectivity index (χ1) is 7.09. The second kappa shape index (κ2) is 5.92. The Balaban J connectivity index is 2.15. The monoisotopic (exact) mass is 234 g/mol. The third kappa shape index (κ3) is 4.48. The zero-order valence-corrected chi connectivity index (χ0v) is 9.34. The minimum absolute atomic E-state index is 0.0688. The number of urea groups is 1. The van der Waals surface area contributed by atoms with Crippen LogP contribution in [-0.4, -0.2) is 36.6 Å². The van der Waals surface area contributed by atoms with Crippen molar-refractivity contribution in [1.29, 1.82) is 0 Å². The molecule has 6 heteroatoms. The van der Waals surface area contributed by atoms with Gasteiger partial charge in [0, 0.05) is 13.2 Å². The van der Waals surface area contributed by atoms with Crippen molar-refractivity contribution in [3.05, 3.63) is 0 Å². The highest BCUT2D eigenvalue weighted by Crippen LogP contribution is 2.10. The van der Waals surface area contributed by atoms with E-state index < -0.39 is 17.3 Å². The van der Waals surface area contributed by atoms with Gasteiger partial charge in [0.15, 0.2) is 0 Å². The van der Waals surface area contributed by atoms with E-state index >= 15 is 0 Å². The van der Waals surface area contributed by atoms with Crippen molar-refractivity contribution >= 4 is 23.5 Å². The van der Waals surface area contributed by atoms with E-state index in [1.165, 1.54) is 6.92 Å². The normalized spacial score (nSPS) is 22.1. The van der Waals surface area contributed by atoms with Crippen LogP contribution in [0, 0.1) is 0 Å². The molecule has 2 unspecified atom stereocenters. The van der Waals surface area contributed by atoms with E-state index in [1.807, 2.05) is 0 Å². The van der Waals surface area contributed by atoms with Crippen LogP contribution in [0.15, 0.2) is 0 Å². The zero-order valence-electron chi connectivity index (χ0n) is 8.59. The Morgan fingerprint density at radius 3 is 2.87 bits per heavy atom. The summed E-state index contributed by atoms with van der Waals surface area (Å²) in [5.41, 5.74) is 0. The highest BCUT2D eigenvalue weighted by atomic mass is 35.5. The van der Waals surface area contributed by atoms with Crippen molar-refractivity contribution in [3.63, 3.8) is 0 Å². The fraction of sp³-hybridized carbons (Fsp3) is 0.778. The Kier molecular flexibility index (Phi) is 4.84. The Labute approximate surface area is 93.5 Å². The lowest BCUT2D eigenvalue weighted by atomic mass is 10.2. The van der Waals surface area contributed by atoms with Gasteiger partial charge in [0.2, 0.25) is 5.91 Å². The maximum atomic E-state index is 11.2. The Morgan fingerprint density at radius 2 is 2.33 bits per heavy atom. The van der Waals surface area contributed by atoms with Gasteiger partial charge in [-0.2, -0.15) is 0 Å². The maximum absolute atomic E-state index is 11.2. The average Bonchev–Trinajstić information content (AvgIpc) is 2.66. The molecule has 0 spiro atoms. The first kappa shape index (κ1) is 12.3. The van der Waals surface area contributed by atoms with Crippen molar-refractivity contribution in [2.75, 3.05) is 13.2 Å². The summed E-state index contributed by atoms with van der Waals surface area (Å²) in [4.78, 5) is 22.2. The molecule has 15 heavy (non-hydrogen) atoms. The van der Waals surface area contributed by atoms with Crippen molar-refractivity contribution in [1.82, 2.24) is 10.6 Å². The maximum Gasteiger partial charge on any atom is 0.321 e. The number of ether oxygens (including phenoxy) is 1. The van der Waals surface area contributed by atoms with Gasteiger partial charge >= 0.3 is 6.03 Å². The van der Waals surface area contributed by atoms with Gasteiger partial charge in [0.1, 0.15) is 5.38 Å². The largest absolute Gasteiger partial charge is 0.376 e. The molecular weight excluding hydrogens is 220 g/mol. The lowest BCUT2D eigenvalue weighted by Gasteiger charge is -2.11. The number of hydrogen-bond acceptors (Lipinski definition) is 3. The van der Waals surface area contributed by atoms with Crippen LogP contribution in [0.4, 0.5) is 4.79 Å². The number of carbonyl (C=O) groups is 2. The van der Waals surface area contributed by atoms with Crippen molar-refractivity contribution in [2.45, 2.75) is 31.2 Å². The van der Waals surface area contributed by atoms with Gasteiger partial charge in [-0.3, -0.25) is 10.1 Å². The van der Waals surface area contributed by atoms with Crippen LogP contribution >= 0.6 is 11.6 Å². The van der Waals surface area contributed by atoms with Crippen molar-refractivity contribution in [2.24, 2.45) is 0 Å². The van der Waals surface area contributed by atoms with E-state index in [1.54, 1.807) is 0 Å². The molecule has 2 atom stereocenters. The molecule has 1 fully saturated rings. The van der Waals surface area contributed by atoms with Crippen LogP contribution in [0.25, 0.3) is 0 Å². The highest BCUT2D eigenvalue weighted by Gasteiger charge is 2.17. The zero-order chi connectivity index (χ0) is 11.3. The molecule has 1 saturated heterocycles. The van der Waals surface area contributed by atoms with Crippen LogP contribution in [0.1, 0.15) is 19.8 Å². The summed E-state index contributed by atoms with van der Waals surface area (Å²) in [7, 11) is 0. The molecule has 0 aliphatic carbocycles.